The maximum Gasteiger partial charge on any atom is 0.111 e. The first-order valence-electron chi connectivity index (χ1n) is 17.4. The van der Waals surface area contributed by atoms with Gasteiger partial charge in [0.1, 0.15) is 122 Å². The molecule has 0 spiro atoms. The molecule has 0 aliphatic rings. The quantitative estimate of drug-likeness (QED) is 0.0404. The Morgan fingerprint density at radius 1 is 0.148 bits per heavy atom. The number of aliphatic hydroxyl groups is 30. The van der Waals surface area contributed by atoms with Gasteiger partial charge in [-0.3, -0.25) is 0 Å². The molecule has 0 unspecified atom stereocenters. The normalized spacial score (nSPS) is 21.1. The predicted octanol–water partition coefficient (Wildman–Crippen LogP) is -17.9. The van der Waals surface area contributed by atoms with Crippen LogP contribution in [0.2, 0.25) is 0 Å². The maximum absolute atomic E-state index is 8.96. The second-order valence-electron chi connectivity index (χ2n) is 12.4. The van der Waals surface area contributed by atoms with Gasteiger partial charge < -0.3 is 153 Å². The molecule has 30 N–H and O–H groups in total. The molecule has 0 aliphatic carbocycles. The fraction of sp³-hybridized carbons (Fsp3) is 1.00. The van der Waals surface area contributed by atoms with Crippen LogP contribution in [0.25, 0.3) is 0 Å². The SMILES string of the molecule is OC[C@@H](O)[C@@H](O)[C@H](O)[C@H](O)CO.OC[C@@H](O)[C@@H](O)[C@H](O)[C@H](O)CO.OC[C@@H](O)[C@@H](O)[C@H](O)[C@H](O)CO.OC[C@@H](O)[C@@H](O)[C@H](O)[C@H](O)CO.OC[C@@H](O)[C@@H](O)[C@H](O)[C@H](O)CO.[Ar]. The van der Waals surface area contributed by atoms with Gasteiger partial charge in [-0.1, -0.05) is 0 Å². The van der Waals surface area contributed by atoms with E-state index in [1.807, 2.05) is 0 Å². The van der Waals surface area contributed by atoms with Gasteiger partial charge in [0.25, 0.3) is 0 Å². The van der Waals surface area contributed by atoms with E-state index in [1.54, 1.807) is 0 Å². The van der Waals surface area contributed by atoms with E-state index < -0.39 is 188 Å². The third-order valence-corrected chi connectivity index (χ3v) is 7.56. The van der Waals surface area contributed by atoms with Crippen molar-refractivity contribution in [1.29, 1.82) is 0 Å². The van der Waals surface area contributed by atoms with E-state index in [-0.39, 0.29) is 37.7 Å². The maximum atomic E-state index is 8.96. The van der Waals surface area contributed by atoms with Crippen LogP contribution in [-0.4, -0.2) is 341 Å². The predicted molar refractivity (Wildman–Crippen MR) is 191 cm³/mol. The zero-order valence-electron chi connectivity index (χ0n) is 32.4. The zero-order chi connectivity index (χ0) is 48.6. The summed E-state index contributed by atoms with van der Waals surface area (Å²) in [6.07, 6.45) is -32.0. The first kappa shape index (κ1) is 72.7. The molecule has 31 heteroatoms. The van der Waals surface area contributed by atoms with Crippen LogP contribution in [0.3, 0.4) is 0 Å². The molecule has 0 saturated carbocycles. The number of rotatable bonds is 25. The standard InChI is InChI=1S/5C6H14O6.Ar/c5*7-1-3(9)5(11)6(12)4(10)2-8;/h5*3-12H,1-2H2;/t5*3-,4-,5-,6-;/m11111./s1. The average molecular weight is 951 g/mol. The van der Waals surface area contributed by atoms with Crippen molar-refractivity contribution in [2.24, 2.45) is 0 Å². The van der Waals surface area contributed by atoms with Gasteiger partial charge in [0.2, 0.25) is 0 Å². The van der Waals surface area contributed by atoms with Crippen molar-refractivity contribution >= 4 is 0 Å². The second kappa shape index (κ2) is 42.7. The van der Waals surface area contributed by atoms with Crippen LogP contribution in [0.1, 0.15) is 0 Å². The monoisotopic (exact) mass is 950 g/mol. The molecule has 0 amide bonds. The van der Waals surface area contributed by atoms with E-state index >= 15 is 0 Å². The van der Waals surface area contributed by atoms with Crippen LogP contribution in [0.5, 0.6) is 0 Å². The van der Waals surface area contributed by atoms with Gasteiger partial charge in [-0.05, 0) is 0 Å². The van der Waals surface area contributed by atoms with Crippen LogP contribution >= 0.6 is 0 Å². The number of hydrogen-bond acceptors (Lipinski definition) is 30. The molecule has 61 heavy (non-hydrogen) atoms. The summed E-state index contributed by atoms with van der Waals surface area (Å²) in [5.41, 5.74) is 0. The molecule has 0 fully saturated rings. The molecule has 0 aromatic heterocycles. The van der Waals surface area contributed by atoms with Crippen molar-refractivity contribution in [2.45, 2.75) is 122 Å². The molecule has 0 bridgehead atoms. The summed E-state index contributed by atoms with van der Waals surface area (Å²) < 4.78 is 0. The van der Waals surface area contributed by atoms with Gasteiger partial charge in [-0.15, -0.1) is 0 Å². The molecule has 378 valence electrons. The van der Waals surface area contributed by atoms with Crippen LogP contribution < -0.4 is 0 Å². The first-order valence-corrected chi connectivity index (χ1v) is 17.4. The Bertz CT molecular complexity index is 693. The van der Waals surface area contributed by atoms with Gasteiger partial charge in [0, 0.05) is 37.7 Å². The van der Waals surface area contributed by atoms with Gasteiger partial charge in [0.15, 0.2) is 0 Å². The van der Waals surface area contributed by atoms with Gasteiger partial charge in [-0.2, -0.15) is 0 Å². The van der Waals surface area contributed by atoms with Gasteiger partial charge in [0.05, 0.1) is 66.1 Å². The molecule has 0 aliphatic heterocycles. The van der Waals surface area contributed by atoms with Gasteiger partial charge in [-0.25, -0.2) is 0 Å². The van der Waals surface area contributed by atoms with Crippen molar-refractivity contribution < 1.29 is 191 Å². The summed E-state index contributed by atoms with van der Waals surface area (Å²) in [5.74, 6) is 0. The summed E-state index contributed by atoms with van der Waals surface area (Å²) in [4.78, 5) is 0. The van der Waals surface area contributed by atoms with Crippen molar-refractivity contribution in [2.75, 3.05) is 66.1 Å². The Morgan fingerprint density at radius 3 is 0.230 bits per heavy atom. The molecular formula is C30H70ArO30. The second-order valence-corrected chi connectivity index (χ2v) is 12.4. The molecule has 0 aromatic carbocycles. The fourth-order valence-corrected chi connectivity index (χ4v) is 3.36. The zero-order valence-corrected chi connectivity index (χ0v) is 33.1. The molecule has 0 heterocycles. The Morgan fingerprint density at radius 2 is 0.197 bits per heavy atom. The Hall–Kier alpha value is 0.0597. The van der Waals surface area contributed by atoms with E-state index in [0.29, 0.717) is 0 Å². The van der Waals surface area contributed by atoms with Crippen molar-refractivity contribution in [1.82, 2.24) is 0 Å². The smallest absolute Gasteiger partial charge is 0.111 e. The summed E-state index contributed by atoms with van der Waals surface area (Å²) in [5, 5.41) is 261. The molecule has 0 rings (SSSR count). The molecular weight excluding hydrogens is 880 g/mol. The Kier molecular flexibility index (Phi) is 50.8. The topological polar surface area (TPSA) is 607 Å². The minimum absolute atomic E-state index is 0. The van der Waals surface area contributed by atoms with E-state index in [2.05, 4.69) is 0 Å². The molecule has 0 aromatic rings. The Balaban J connectivity index is -0.000000154. The molecule has 20 atom stereocenters. The van der Waals surface area contributed by atoms with Crippen molar-refractivity contribution in [3.05, 3.63) is 0 Å². The number of hydrogen-bond donors (Lipinski definition) is 30. The summed E-state index contributed by atoms with van der Waals surface area (Å²) in [7, 11) is 0. The first-order chi connectivity index (χ1) is 27.7. The minimum atomic E-state index is -1.67. The molecule has 30 nitrogen and oxygen atoms in total. The summed E-state index contributed by atoms with van der Waals surface area (Å²) in [6.45, 7) is -7.26. The molecule has 0 saturated heterocycles. The molecule has 0 radical (unpaired) electrons. The van der Waals surface area contributed by atoms with Crippen molar-refractivity contribution in [3.63, 3.8) is 0 Å². The van der Waals surface area contributed by atoms with Crippen LogP contribution in [0, 0.1) is 37.7 Å². The minimum Gasteiger partial charge on any atom is -0.394 e. The van der Waals surface area contributed by atoms with E-state index in [4.69, 9.17) is 153 Å². The van der Waals surface area contributed by atoms with Crippen molar-refractivity contribution in [3.8, 4) is 0 Å². The van der Waals surface area contributed by atoms with Gasteiger partial charge >= 0.3 is 0 Å². The van der Waals surface area contributed by atoms with E-state index in [1.165, 1.54) is 0 Å². The summed E-state index contributed by atoms with van der Waals surface area (Å²) in [6, 6.07) is 0. The van der Waals surface area contributed by atoms with Crippen LogP contribution in [0.4, 0.5) is 0 Å². The average Bonchev–Trinajstić information content (AvgIpc) is 3.28. The van der Waals surface area contributed by atoms with E-state index in [9.17, 15) is 0 Å². The fourth-order valence-electron chi connectivity index (χ4n) is 3.36. The van der Waals surface area contributed by atoms with Crippen LogP contribution in [0.15, 0.2) is 0 Å². The third kappa shape index (κ3) is 31.6. The largest absolute Gasteiger partial charge is 0.394 e. The summed E-state index contributed by atoms with van der Waals surface area (Å²) >= 11 is 0. The number of aliphatic hydroxyl groups excluding tert-OH is 30. The Labute approximate surface area is 377 Å². The third-order valence-electron chi connectivity index (χ3n) is 7.56. The van der Waals surface area contributed by atoms with E-state index in [0.717, 1.165) is 0 Å². The van der Waals surface area contributed by atoms with Crippen LogP contribution in [-0.2, 0) is 0 Å².